The third-order valence-corrected chi connectivity index (χ3v) is 3.26. The van der Waals surface area contributed by atoms with Crippen LogP contribution in [0.4, 0.5) is 0 Å². The molecule has 0 heterocycles. The number of benzene rings is 2. The smallest absolute Gasteiger partial charge is 0.127 e. The summed E-state index contributed by atoms with van der Waals surface area (Å²) >= 11 is 0. The summed E-state index contributed by atoms with van der Waals surface area (Å²) in [6, 6.07) is 18.5. The van der Waals surface area contributed by atoms with Crippen LogP contribution >= 0.6 is 8.58 Å². The van der Waals surface area contributed by atoms with E-state index in [4.69, 9.17) is 4.74 Å². The monoisotopic (exact) mass is 245 g/mol. The van der Waals surface area contributed by atoms with E-state index in [1.165, 1.54) is 19.2 Å². The van der Waals surface area contributed by atoms with E-state index in [1.54, 1.807) is 7.11 Å². The molecule has 0 aromatic heterocycles. The predicted molar refractivity (Wildman–Crippen MR) is 77.0 cm³/mol. The van der Waals surface area contributed by atoms with E-state index in [0.29, 0.717) is 0 Å². The molecular weight excluding hydrogens is 227 g/mol. The van der Waals surface area contributed by atoms with Gasteiger partial charge in [0.1, 0.15) is 5.75 Å². The van der Waals surface area contributed by atoms with Crippen molar-refractivity contribution in [2.75, 3.05) is 7.11 Å². The van der Waals surface area contributed by atoms with Crippen LogP contribution in [0.3, 0.4) is 0 Å². The van der Waals surface area contributed by atoms with Gasteiger partial charge in [0.2, 0.25) is 0 Å². The Labute approximate surface area is 106 Å². The van der Waals surface area contributed by atoms with Gasteiger partial charge < -0.3 is 4.74 Å². The van der Waals surface area contributed by atoms with Crippen molar-refractivity contribution in [3.8, 4) is 5.75 Å². The molecule has 2 rings (SSSR count). The normalized spacial score (nSPS) is 9.82. The second-order valence-electron chi connectivity index (χ2n) is 3.12. The van der Waals surface area contributed by atoms with Crippen LogP contribution in [0.15, 0.2) is 54.6 Å². The van der Waals surface area contributed by atoms with E-state index in [9.17, 15) is 0 Å². The van der Waals surface area contributed by atoms with Crippen LogP contribution in [0.1, 0.15) is 13.8 Å². The van der Waals surface area contributed by atoms with Gasteiger partial charge in [-0.25, -0.2) is 0 Å². The highest BCUT2D eigenvalue weighted by atomic mass is 31.1. The van der Waals surface area contributed by atoms with Crippen molar-refractivity contribution in [1.29, 1.82) is 0 Å². The average Bonchev–Trinajstić information content (AvgIpc) is 2.43. The molecule has 0 aliphatic heterocycles. The Hall–Kier alpha value is -1.33. The quantitative estimate of drug-likeness (QED) is 0.750. The lowest BCUT2D eigenvalue weighted by atomic mass is 10.3. The molecule has 0 N–H and O–H groups in total. The maximum Gasteiger partial charge on any atom is 0.127 e. The summed E-state index contributed by atoms with van der Waals surface area (Å²) in [6.45, 7) is 4.00. The maximum atomic E-state index is 5.31. The van der Waals surface area contributed by atoms with Gasteiger partial charge in [-0.05, 0) is 20.0 Å². The van der Waals surface area contributed by atoms with Gasteiger partial charge in [0.05, 0.1) is 7.11 Å². The van der Waals surface area contributed by atoms with Gasteiger partial charge in [0.15, 0.2) is 0 Å². The number of hydrogen-bond acceptors (Lipinski definition) is 1. The standard InChI is InChI=1S/C13H12OP.C2H6/c1-14-12-9-5-6-10-13(12)15-11-7-3-2-4-8-11;1-2/h2-10H,1H3;1-2H3. The molecule has 0 atom stereocenters. The summed E-state index contributed by atoms with van der Waals surface area (Å²) in [5.41, 5.74) is 0. The molecule has 0 aliphatic carbocycles. The summed E-state index contributed by atoms with van der Waals surface area (Å²) < 4.78 is 5.31. The lowest BCUT2D eigenvalue weighted by Crippen LogP contribution is -2.05. The van der Waals surface area contributed by atoms with Crippen LogP contribution < -0.4 is 15.3 Å². The van der Waals surface area contributed by atoms with Crippen LogP contribution in [0.25, 0.3) is 0 Å². The Bertz CT molecular complexity index is 426. The van der Waals surface area contributed by atoms with E-state index in [1.807, 2.05) is 38.1 Å². The highest BCUT2D eigenvalue weighted by Gasteiger charge is 2.02. The second kappa shape index (κ2) is 7.86. The van der Waals surface area contributed by atoms with Gasteiger partial charge >= 0.3 is 0 Å². The third kappa shape index (κ3) is 4.20. The van der Waals surface area contributed by atoms with Gasteiger partial charge in [-0.1, -0.05) is 62.4 Å². The number of rotatable bonds is 3. The topological polar surface area (TPSA) is 9.23 Å². The Morgan fingerprint density at radius 3 is 2.06 bits per heavy atom. The highest BCUT2D eigenvalue weighted by Crippen LogP contribution is 2.18. The van der Waals surface area contributed by atoms with Gasteiger partial charge in [0, 0.05) is 5.30 Å². The number of hydrogen-bond donors (Lipinski definition) is 0. The molecule has 2 aromatic carbocycles. The lowest BCUT2D eigenvalue weighted by molar-refractivity contribution is 0.418. The van der Waals surface area contributed by atoms with E-state index in [0.717, 1.165) is 5.75 Å². The number of methoxy groups -OCH3 is 1. The largest absolute Gasteiger partial charge is 0.496 e. The van der Waals surface area contributed by atoms with Gasteiger partial charge in [-0.3, -0.25) is 0 Å². The highest BCUT2D eigenvalue weighted by molar-refractivity contribution is 7.55. The fraction of sp³-hybridized carbons (Fsp3) is 0.200. The molecule has 17 heavy (non-hydrogen) atoms. The van der Waals surface area contributed by atoms with E-state index < -0.39 is 0 Å². The molecule has 0 bridgehead atoms. The molecule has 89 valence electrons. The van der Waals surface area contributed by atoms with Crippen molar-refractivity contribution >= 4 is 19.2 Å². The average molecular weight is 245 g/mol. The minimum atomic E-state index is 0.947. The van der Waals surface area contributed by atoms with Crippen molar-refractivity contribution < 1.29 is 4.74 Å². The second-order valence-corrected chi connectivity index (χ2v) is 4.34. The summed E-state index contributed by atoms with van der Waals surface area (Å²) in [5.74, 6) is 0.947. The molecule has 0 saturated heterocycles. The Balaban J connectivity index is 0.000000686. The first-order valence-corrected chi connectivity index (χ1v) is 6.69. The summed E-state index contributed by atoms with van der Waals surface area (Å²) in [5, 5.41) is 2.48. The minimum Gasteiger partial charge on any atom is -0.496 e. The zero-order valence-electron chi connectivity index (χ0n) is 10.6. The van der Waals surface area contributed by atoms with Crippen LogP contribution in [0.5, 0.6) is 5.75 Å². The van der Waals surface area contributed by atoms with Crippen molar-refractivity contribution in [2.24, 2.45) is 0 Å². The van der Waals surface area contributed by atoms with Crippen LogP contribution in [0, 0.1) is 0 Å². The Kier molecular flexibility index (Phi) is 6.35. The van der Waals surface area contributed by atoms with Crippen molar-refractivity contribution in [3.63, 3.8) is 0 Å². The molecule has 1 radical (unpaired) electrons. The molecule has 0 fully saturated rings. The van der Waals surface area contributed by atoms with Crippen LogP contribution in [0.2, 0.25) is 0 Å². The number of ether oxygens (including phenoxy) is 1. The molecular formula is C15H18OP. The predicted octanol–water partition coefficient (Wildman–Crippen LogP) is 3.62. The van der Waals surface area contributed by atoms with Crippen LogP contribution in [-0.2, 0) is 0 Å². The molecule has 0 unspecified atom stereocenters. The van der Waals surface area contributed by atoms with E-state index >= 15 is 0 Å². The minimum absolute atomic E-state index is 0.947. The first-order valence-electron chi connectivity index (χ1n) is 5.80. The molecule has 0 aliphatic rings. The van der Waals surface area contributed by atoms with Gasteiger partial charge in [-0.15, -0.1) is 0 Å². The zero-order chi connectivity index (χ0) is 12.5. The lowest BCUT2D eigenvalue weighted by Gasteiger charge is -2.06. The molecule has 0 amide bonds. The van der Waals surface area contributed by atoms with E-state index in [2.05, 4.69) is 30.3 Å². The Morgan fingerprint density at radius 1 is 0.824 bits per heavy atom. The first kappa shape index (κ1) is 13.7. The first-order chi connectivity index (χ1) is 8.40. The van der Waals surface area contributed by atoms with Gasteiger partial charge in [0.25, 0.3) is 0 Å². The fourth-order valence-corrected chi connectivity index (χ4v) is 2.40. The third-order valence-electron chi connectivity index (χ3n) is 2.09. The molecule has 2 heteroatoms. The maximum absolute atomic E-state index is 5.31. The molecule has 0 saturated carbocycles. The van der Waals surface area contributed by atoms with E-state index in [-0.39, 0.29) is 0 Å². The Morgan fingerprint density at radius 2 is 1.41 bits per heavy atom. The van der Waals surface area contributed by atoms with Gasteiger partial charge in [-0.2, -0.15) is 0 Å². The van der Waals surface area contributed by atoms with Crippen molar-refractivity contribution in [2.45, 2.75) is 13.8 Å². The van der Waals surface area contributed by atoms with Crippen molar-refractivity contribution in [3.05, 3.63) is 54.6 Å². The summed E-state index contributed by atoms with van der Waals surface area (Å²) in [7, 11) is 2.89. The number of para-hydroxylation sites is 1. The van der Waals surface area contributed by atoms with Crippen LogP contribution in [-0.4, -0.2) is 7.11 Å². The summed E-state index contributed by atoms with van der Waals surface area (Å²) in [4.78, 5) is 0. The summed E-state index contributed by atoms with van der Waals surface area (Å²) in [6.07, 6.45) is 0. The fourth-order valence-electron chi connectivity index (χ4n) is 1.36. The van der Waals surface area contributed by atoms with Crippen molar-refractivity contribution in [1.82, 2.24) is 0 Å². The molecule has 0 spiro atoms. The SMILES string of the molecule is CC.COc1ccccc1[P]c1ccccc1. The molecule has 2 aromatic rings. The molecule has 1 nitrogen and oxygen atoms in total. The zero-order valence-corrected chi connectivity index (χ0v) is 11.4.